The number of carbonyl (C=O) groups excluding carboxylic acids is 1. The first-order valence-corrected chi connectivity index (χ1v) is 5.47. The van der Waals surface area contributed by atoms with Crippen LogP contribution in [0.15, 0.2) is 34.9 Å². The van der Waals surface area contributed by atoms with Gasteiger partial charge in [-0.3, -0.25) is 4.79 Å². The van der Waals surface area contributed by atoms with Crippen LogP contribution in [-0.4, -0.2) is 5.78 Å². The Labute approximate surface area is 103 Å². The van der Waals surface area contributed by atoms with E-state index in [4.69, 9.17) is 16.0 Å². The first-order valence-electron chi connectivity index (χ1n) is 5.10. The molecule has 0 spiro atoms. The van der Waals surface area contributed by atoms with Crippen LogP contribution in [0, 0.1) is 12.7 Å². The van der Waals surface area contributed by atoms with E-state index in [1.54, 1.807) is 19.1 Å². The molecule has 0 saturated heterocycles. The van der Waals surface area contributed by atoms with E-state index in [2.05, 4.69) is 0 Å². The number of furan rings is 1. The number of halogens is 2. The molecular formula is C13H10ClFO2. The topological polar surface area (TPSA) is 30.2 Å². The first kappa shape index (κ1) is 11.9. The lowest BCUT2D eigenvalue weighted by Crippen LogP contribution is -2.06. The Morgan fingerprint density at radius 3 is 2.76 bits per heavy atom. The Morgan fingerprint density at radius 2 is 2.18 bits per heavy atom. The van der Waals surface area contributed by atoms with Crippen LogP contribution in [-0.2, 0) is 6.42 Å². The second kappa shape index (κ2) is 4.72. The van der Waals surface area contributed by atoms with E-state index >= 15 is 0 Å². The van der Waals surface area contributed by atoms with Crippen molar-refractivity contribution < 1.29 is 13.6 Å². The maximum absolute atomic E-state index is 13.5. The molecule has 0 bridgehead atoms. The van der Waals surface area contributed by atoms with Crippen LogP contribution in [0.25, 0.3) is 0 Å². The van der Waals surface area contributed by atoms with Gasteiger partial charge in [0, 0.05) is 17.0 Å². The molecular weight excluding hydrogens is 243 g/mol. The van der Waals surface area contributed by atoms with Gasteiger partial charge in [0.1, 0.15) is 11.6 Å². The zero-order valence-corrected chi connectivity index (χ0v) is 9.92. The summed E-state index contributed by atoms with van der Waals surface area (Å²) in [5, 5.41) is 0.263. The molecule has 0 fully saturated rings. The minimum absolute atomic E-state index is 0.0636. The molecule has 2 aromatic rings. The number of hydrogen-bond acceptors (Lipinski definition) is 2. The summed E-state index contributed by atoms with van der Waals surface area (Å²) >= 11 is 5.86. The van der Waals surface area contributed by atoms with Gasteiger partial charge in [-0.2, -0.15) is 0 Å². The monoisotopic (exact) mass is 252 g/mol. The Bertz CT molecular complexity index is 540. The molecule has 2 rings (SSSR count). The van der Waals surface area contributed by atoms with Crippen molar-refractivity contribution in [1.82, 2.24) is 0 Å². The number of aryl methyl sites for hydroxylation is 1. The molecule has 0 unspecified atom stereocenters. The summed E-state index contributed by atoms with van der Waals surface area (Å²) in [5.41, 5.74) is 0.684. The molecule has 4 heteroatoms. The van der Waals surface area contributed by atoms with Crippen molar-refractivity contribution in [2.45, 2.75) is 13.3 Å². The summed E-state index contributed by atoms with van der Waals surface area (Å²) in [6.45, 7) is 1.69. The number of carbonyl (C=O) groups is 1. The average molecular weight is 253 g/mol. The van der Waals surface area contributed by atoms with Crippen molar-refractivity contribution in [1.29, 1.82) is 0 Å². The molecule has 0 aliphatic heterocycles. The Hall–Kier alpha value is -1.61. The lowest BCUT2D eigenvalue weighted by atomic mass is 10.0. The summed E-state index contributed by atoms with van der Waals surface area (Å²) in [6, 6.07) is 5.94. The van der Waals surface area contributed by atoms with Gasteiger partial charge >= 0.3 is 0 Å². The second-order valence-electron chi connectivity index (χ2n) is 3.69. The highest BCUT2D eigenvalue weighted by Gasteiger charge is 2.16. The van der Waals surface area contributed by atoms with E-state index < -0.39 is 5.82 Å². The maximum atomic E-state index is 13.5. The van der Waals surface area contributed by atoms with Crippen LogP contribution < -0.4 is 0 Å². The highest BCUT2D eigenvalue weighted by molar-refractivity contribution is 6.31. The van der Waals surface area contributed by atoms with Crippen LogP contribution >= 0.6 is 11.6 Å². The zero-order chi connectivity index (χ0) is 12.4. The normalized spacial score (nSPS) is 10.5. The van der Waals surface area contributed by atoms with E-state index in [-0.39, 0.29) is 22.8 Å². The molecule has 1 heterocycles. The number of benzene rings is 1. The quantitative estimate of drug-likeness (QED) is 0.778. The van der Waals surface area contributed by atoms with Gasteiger partial charge in [-0.05, 0) is 25.1 Å². The fourth-order valence-electron chi connectivity index (χ4n) is 1.63. The van der Waals surface area contributed by atoms with Crippen LogP contribution in [0.4, 0.5) is 4.39 Å². The third-order valence-electron chi connectivity index (χ3n) is 2.56. The smallest absolute Gasteiger partial charge is 0.170 e. The lowest BCUT2D eigenvalue weighted by Gasteiger charge is -2.04. The average Bonchev–Trinajstić information content (AvgIpc) is 2.70. The van der Waals surface area contributed by atoms with Crippen LogP contribution in [0.5, 0.6) is 0 Å². The van der Waals surface area contributed by atoms with Gasteiger partial charge in [0.2, 0.25) is 0 Å². The molecule has 0 amide bonds. The van der Waals surface area contributed by atoms with Crippen molar-refractivity contribution >= 4 is 17.4 Å². The minimum Gasteiger partial charge on any atom is -0.469 e. The predicted molar refractivity (Wildman–Crippen MR) is 62.9 cm³/mol. The number of ketones is 1. The van der Waals surface area contributed by atoms with Gasteiger partial charge in [0.15, 0.2) is 5.78 Å². The van der Waals surface area contributed by atoms with Gasteiger partial charge < -0.3 is 4.42 Å². The fraction of sp³-hybridized carbons (Fsp3) is 0.154. The van der Waals surface area contributed by atoms with Gasteiger partial charge in [0.05, 0.1) is 11.8 Å². The fourth-order valence-corrected chi connectivity index (χ4v) is 1.86. The molecule has 17 heavy (non-hydrogen) atoms. The van der Waals surface area contributed by atoms with Crippen LogP contribution in [0.1, 0.15) is 21.7 Å². The van der Waals surface area contributed by atoms with Gasteiger partial charge in [-0.15, -0.1) is 0 Å². The van der Waals surface area contributed by atoms with E-state index in [0.717, 1.165) is 0 Å². The minimum atomic E-state index is -0.466. The van der Waals surface area contributed by atoms with Crippen molar-refractivity contribution in [3.8, 4) is 0 Å². The Balaban J connectivity index is 2.28. The van der Waals surface area contributed by atoms with Crippen LogP contribution in [0.2, 0.25) is 5.02 Å². The van der Waals surface area contributed by atoms with E-state index in [9.17, 15) is 9.18 Å². The predicted octanol–water partition coefficient (Wildman–Crippen LogP) is 3.81. The van der Waals surface area contributed by atoms with E-state index in [0.29, 0.717) is 11.3 Å². The number of hydrogen-bond donors (Lipinski definition) is 0. The van der Waals surface area contributed by atoms with Gasteiger partial charge in [-0.1, -0.05) is 17.7 Å². The maximum Gasteiger partial charge on any atom is 0.170 e. The Kier molecular flexibility index (Phi) is 3.29. The van der Waals surface area contributed by atoms with Crippen molar-refractivity contribution in [3.05, 3.63) is 58.3 Å². The summed E-state index contributed by atoms with van der Waals surface area (Å²) in [7, 11) is 0. The molecule has 2 nitrogen and oxygen atoms in total. The molecule has 0 radical (unpaired) electrons. The van der Waals surface area contributed by atoms with Crippen molar-refractivity contribution in [3.63, 3.8) is 0 Å². The molecule has 1 aromatic carbocycles. The highest BCUT2D eigenvalue weighted by atomic mass is 35.5. The molecule has 0 aliphatic rings. The largest absolute Gasteiger partial charge is 0.469 e. The van der Waals surface area contributed by atoms with Gasteiger partial charge in [-0.25, -0.2) is 4.39 Å². The molecule has 1 aromatic heterocycles. The van der Waals surface area contributed by atoms with E-state index in [1.165, 1.54) is 18.4 Å². The second-order valence-corrected chi connectivity index (χ2v) is 4.10. The SMILES string of the molecule is Cc1occc1C(=O)Cc1c(F)cccc1Cl. The first-order chi connectivity index (χ1) is 8.09. The molecule has 0 N–H and O–H groups in total. The van der Waals surface area contributed by atoms with Crippen molar-refractivity contribution in [2.75, 3.05) is 0 Å². The highest BCUT2D eigenvalue weighted by Crippen LogP contribution is 2.21. The summed E-state index contributed by atoms with van der Waals surface area (Å²) in [6.07, 6.45) is 1.37. The standard InChI is InChI=1S/C13H10ClFO2/c1-8-9(5-6-17-8)13(16)7-10-11(14)3-2-4-12(10)15/h2-6H,7H2,1H3. The van der Waals surface area contributed by atoms with Crippen molar-refractivity contribution in [2.24, 2.45) is 0 Å². The molecule has 0 saturated carbocycles. The zero-order valence-electron chi connectivity index (χ0n) is 9.17. The number of rotatable bonds is 3. The van der Waals surface area contributed by atoms with Crippen LogP contribution in [0.3, 0.4) is 0 Å². The van der Waals surface area contributed by atoms with Gasteiger partial charge in [0.25, 0.3) is 0 Å². The third-order valence-corrected chi connectivity index (χ3v) is 2.91. The molecule has 88 valence electrons. The summed E-state index contributed by atoms with van der Waals surface area (Å²) < 4.78 is 18.5. The molecule has 0 aliphatic carbocycles. The summed E-state index contributed by atoms with van der Waals surface area (Å²) in [4.78, 5) is 11.9. The number of Topliss-reactive ketones (excluding diaryl/α,β-unsaturated/α-hetero) is 1. The molecule has 0 atom stereocenters. The lowest BCUT2D eigenvalue weighted by molar-refractivity contribution is 0.0990. The third kappa shape index (κ3) is 2.39. The Morgan fingerprint density at radius 1 is 1.41 bits per heavy atom. The summed E-state index contributed by atoms with van der Waals surface area (Å²) in [5.74, 6) is -0.141. The van der Waals surface area contributed by atoms with E-state index in [1.807, 2.05) is 0 Å².